The molecule has 14 heavy (non-hydrogen) atoms. The standard InChI is InChI=1S/C10H14N2OS/c1-7(8-2-5-14-6-8)12-9(13)10(11)3-4-10/h2,5-7H,3-4,11H2,1H3,(H,12,13). The Morgan fingerprint density at radius 2 is 2.43 bits per heavy atom. The van der Waals surface area contributed by atoms with E-state index in [1.807, 2.05) is 23.8 Å². The molecule has 0 bridgehead atoms. The lowest BCUT2D eigenvalue weighted by Gasteiger charge is -2.15. The van der Waals surface area contributed by atoms with E-state index in [9.17, 15) is 4.79 Å². The summed E-state index contributed by atoms with van der Waals surface area (Å²) in [5.74, 6) is -0.0174. The van der Waals surface area contributed by atoms with Crippen molar-refractivity contribution in [1.82, 2.24) is 5.32 Å². The smallest absolute Gasteiger partial charge is 0.240 e. The van der Waals surface area contributed by atoms with E-state index in [2.05, 4.69) is 5.32 Å². The zero-order chi connectivity index (χ0) is 10.2. The van der Waals surface area contributed by atoms with Crippen molar-refractivity contribution in [3.8, 4) is 0 Å². The Kier molecular flexibility index (Phi) is 2.33. The Balaban J connectivity index is 1.95. The Morgan fingerprint density at radius 1 is 1.71 bits per heavy atom. The van der Waals surface area contributed by atoms with Gasteiger partial charge in [-0.25, -0.2) is 0 Å². The largest absolute Gasteiger partial charge is 0.348 e. The lowest BCUT2D eigenvalue weighted by Crippen LogP contribution is -2.43. The SMILES string of the molecule is CC(NC(=O)C1(N)CC1)c1ccsc1. The molecule has 1 atom stereocenters. The molecule has 0 aliphatic heterocycles. The summed E-state index contributed by atoms with van der Waals surface area (Å²) in [4.78, 5) is 11.6. The molecule has 0 saturated heterocycles. The average Bonchev–Trinajstić information content (AvgIpc) is 2.71. The van der Waals surface area contributed by atoms with Gasteiger partial charge in [0, 0.05) is 0 Å². The van der Waals surface area contributed by atoms with Crippen molar-refractivity contribution < 1.29 is 4.79 Å². The van der Waals surface area contributed by atoms with Gasteiger partial charge in [-0.05, 0) is 42.2 Å². The second kappa shape index (κ2) is 3.37. The summed E-state index contributed by atoms with van der Waals surface area (Å²) in [6.07, 6.45) is 1.63. The van der Waals surface area contributed by atoms with Crippen molar-refractivity contribution >= 4 is 17.2 Å². The fourth-order valence-electron chi connectivity index (χ4n) is 1.31. The molecule has 0 aromatic carbocycles. The highest BCUT2D eigenvalue weighted by Gasteiger charge is 2.46. The molecule has 4 heteroatoms. The Bertz CT molecular complexity index is 330. The number of thiophene rings is 1. The van der Waals surface area contributed by atoms with Gasteiger partial charge in [-0.3, -0.25) is 4.79 Å². The van der Waals surface area contributed by atoms with Crippen LogP contribution >= 0.6 is 11.3 Å². The first-order valence-corrected chi connectivity index (χ1v) is 5.68. The molecule has 1 aliphatic carbocycles. The van der Waals surface area contributed by atoms with Crippen molar-refractivity contribution in [2.75, 3.05) is 0 Å². The van der Waals surface area contributed by atoms with Crippen LogP contribution in [0.15, 0.2) is 16.8 Å². The van der Waals surface area contributed by atoms with Crippen molar-refractivity contribution in [3.05, 3.63) is 22.4 Å². The third kappa shape index (κ3) is 1.81. The molecule has 1 fully saturated rings. The first kappa shape index (κ1) is 9.68. The van der Waals surface area contributed by atoms with Crippen molar-refractivity contribution in [1.29, 1.82) is 0 Å². The highest BCUT2D eigenvalue weighted by Crippen LogP contribution is 2.33. The molecule has 76 valence electrons. The molecule has 1 heterocycles. The molecular weight excluding hydrogens is 196 g/mol. The van der Waals surface area contributed by atoms with E-state index in [1.165, 1.54) is 0 Å². The number of amides is 1. The van der Waals surface area contributed by atoms with Gasteiger partial charge in [0.1, 0.15) is 0 Å². The van der Waals surface area contributed by atoms with E-state index in [0.717, 1.165) is 18.4 Å². The molecule has 2 rings (SSSR count). The van der Waals surface area contributed by atoms with Gasteiger partial charge in [0.2, 0.25) is 5.91 Å². The van der Waals surface area contributed by atoms with Crippen molar-refractivity contribution in [3.63, 3.8) is 0 Å². The molecule has 1 aromatic heterocycles. The average molecular weight is 210 g/mol. The van der Waals surface area contributed by atoms with E-state index < -0.39 is 5.54 Å². The van der Waals surface area contributed by atoms with Crippen LogP contribution in [0.5, 0.6) is 0 Å². The maximum Gasteiger partial charge on any atom is 0.240 e. The van der Waals surface area contributed by atoms with Crippen LogP contribution in [0.4, 0.5) is 0 Å². The van der Waals surface area contributed by atoms with Crippen molar-refractivity contribution in [2.45, 2.75) is 31.3 Å². The predicted molar refractivity (Wildman–Crippen MR) is 57.0 cm³/mol. The Morgan fingerprint density at radius 3 is 2.93 bits per heavy atom. The molecule has 1 amide bonds. The molecule has 1 unspecified atom stereocenters. The van der Waals surface area contributed by atoms with Gasteiger partial charge in [0.05, 0.1) is 11.6 Å². The van der Waals surface area contributed by atoms with E-state index in [0.29, 0.717) is 0 Å². The first-order valence-electron chi connectivity index (χ1n) is 4.74. The van der Waals surface area contributed by atoms with Gasteiger partial charge < -0.3 is 11.1 Å². The monoisotopic (exact) mass is 210 g/mol. The van der Waals surface area contributed by atoms with Crippen LogP contribution in [0, 0.1) is 0 Å². The zero-order valence-electron chi connectivity index (χ0n) is 8.12. The number of hydrogen-bond donors (Lipinski definition) is 2. The number of nitrogens with two attached hydrogens (primary N) is 1. The van der Waals surface area contributed by atoms with Crippen LogP contribution < -0.4 is 11.1 Å². The molecule has 1 aromatic rings. The van der Waals surface area contributed by atoms with Gasteiger partial charge in [0.15, 0.2) is 0 Å². The van der Waals surface area contributed by atoms with Gasteiger partial charge in [-0.1, -0.05) is 0 Å². The Labute approximate surface area is 87.3 Å². The normalized spacial score (nSPS) is 20.1. The second-order valence-electron chi connectivity index (χ2n) is 3.91. The second-order valence-corrected chi connectivity index (χ2v) is 4.69. The highest BCUT2D eigenvalue weighted by molar-refractivity contribution is 7.07. The first-order chi connectivity index (χ1) is 6.62. The van der Waals surface area contributed by atoms with E-state index in [-0.39, 0.29) is 11.9 Å². The van der Waals surface area contributed by atoms with Crippen LogP contribution in [0.3, 0.4) is 0 Å². The fraction of sp³-hybridized carbons (Fsp3) is 0.500. The zero-order valence-corrected chi connectivity index (χ0v) is 8.93. The summed E-state index contributed by atoms with van der Waals surface area (Å²) in [5, 5.41) is 6.98. The van der Waals surface area contributed by atoms with Crippen LogP contribution in [-0.4, -0.2) is 11.4 Å². The number of carbonyl (C=O) groups excluding carboxylic acids is 1. The molecule has 1 saturated carbocycles. The summed E-state index contributed by atoms with van der Waals surface area (Å²) in [5.41, 5.74) is 6.36. The maximum atomic E-state index is 11.6. The van der Waals surface area contributed by atoms with Crippen LogP contribution in [0.25, 0.3) is 0 Å². The predicted octanol–water partition coefficient (Wildman–Crippen LogP) is 1.42. The van der Waals surface area contributed by atoms with Crippen LogP contribution in [0.2, 0.25) is 0 Å². The van der Waals surface area contributed by atoms with Gasteiger partial charge in [-0.15, -0.1) is 0 Å². The lowest BCUT2D eigenvalue weighted by atomic mass is 10.1. The van der Waals surface area contributed by atoms with Gasteiger partial charge in [-0.2, -0.15) is 11.3 Å². The van der Waals surface area contributed by atoms with E-state index in [1.54, 1.807) is 11.3 Å². The third-order valence-electron chi connectivity index (χ3n) is 2.63. The topological polar surface area (TPSA) is 55.1 Å². The fourth-order valence-corrected chi connectivity index (χ4v) is 2.06. The molecule has 3 N–H and O–H groups in total. The Hall–Kier alpha value is -0.870. The van der Waals surface area contributed by atoms with Gasteiger partial charge in [0.25, 0.3) is 0 Å². The van der Waals surface area contributed by atoms with E-state index >= 15 is 0 Å². The maximum absolute atomic E-state index is 11.6. The quantitative estimate of drug-likeness (QED) is 0.792. The highest BCUT2D eigenvalue weighted by atomic mass is 32.1. The van der Waals surface area contributed by atoms with Crippen LogP contribution in [0.1, 0.15) is 31.4 Å². The lowest BCUT2D eigenvalue weighted by molar-refractivity contribution is -0.123. The number of nitrogens with one attached hydrogen (secondary N) is 1. The summed E-state index contributed by atoms with van der Waals surface area (Å²) < 4.78 is 0. The molecule has 0 radical (unpaired) electrons. The molecule has 0 spiro atoms. The van der Waals surface area contributed by atoms with Crippen molar-refractivity contribution in [2.24, 2.45) is 5.73 Å². The number of rotatable bonds is 3. The number of hydrogen-bond acceptors (Lipinski definition) is 3. The minimum Gasteiger partial charge on any atom is -0.348 e. The summed E-state index contributed by atoms with van der Waals surface area (Å²) in [7, 11) is 0. The van der Waals surface area contributed by atoms with E-state index in [4.69, 9.17) is 5.73 Å². The minimum atomic E-state index is -0.565. The summed E-state index contributed by atoms with van der Waals surface area (Å²) >= 11 is 1.64. The summed E-state index contributed by atoms with van der Waals surface area (Å²) in [6, 6.07) is 2.08. The number of carbonyl (C=O) groups is 1. The summed E-state index contributed by atoms with van der Waals surface area (Å²) in [6.45, 7) is 1.98. The minimum absolute atomic E-state index is 0.0174. The van der Waals surface area contributed by atoms with Crippen LogP contribution in [-0.2, 0) is 4.79 Å². The molecule has 1 aliphatic rings. The molecule has 3 nitrogen and oxygen atoms in total. The van der Waals surface area contributed by atoms with Gasteiger partial charge >= 0.3 is 0 Å². The third-order valence-corrected chi connectivity index (χ3v) is 3.33. The molecular formula is C10H14N2OS.